The lowest BCUT2D eigenvalue weighted by molar-refractivity contribution is 0.0669. The molecule has 4 atom stereocenters. The summed E-state index contributed by atoms with van der Waals surface area (Å²) >= 11 is 0. The maximum Gasteiger partial charge on any atom is 0.0656 e. The number of hydrogen-bond donors (Lipinski definition) is 2. The van der Waals surface area contributed by atoms with Crippen LogP contribution in [0.25, 0.3) is 0 Å². The van der Waals surface area contributed by atoms with Crippen molar-refractivity contribution in [1.82, 2.24) is 5.32 Å². The third-order valence-electron chi connectivity index (χ3n) is 4.39. The molecule has 0 aromatic heterocycles. The predicted molar refractivity (Wildman–Crippen MR) is 67.3 cm³/mol. The van der Waals surface area contributed by atoms with Gasteiger partial charge in [-0.1, -0.05) is 19.3 Å². The fourth-order valence-electron chi connectivity index (χ4n) is 3.24. The van der Waals surface area contributed by atoms with E-state index in [1.807, 2.05) is 0 Å². The highest BCUT2D eigenvalue weighted by atomic mass is 16.3. The summed E-state index contributed by atoms with van der Waals surface area (Å²) in [4.78, 5) is 0. The minimum Gasteiger partial charge on any atom is -0.393 e. The molecule has 17 heavy (non-hydrogen) atoms. The summed E-state index contributed by atoms with van der Waals surface area (Å²) in [5.41, 5.74) is 0. The highest BCUT2D eigenvalue weighted by molar-refractivity contribution is 4.90. The summed E-state index contributed by atoms with van der Waals surface area (Å²) in [6.45, 7) is 0.935. The molecule has 2 fully saturated rings. The zero-order valence-corrected chi connectivity index (χ0v) is 10.6. The maximum atomic E-state index is 9.90. The van der Waals surface area contributed by atoms with E-state index >= 15 is 0 Å². The van der Waals surface area contributed by atoms with E-state index in [9.17, 15) is 5.11 Å². The Labute approximate surface area is 104 Å². The predicted octanol–water partition coefficient (Wildman–Crippen LogP) is 2.21. The standard InChI is InChI=1S/C14H24N2O/c15-9-11-4-3-6-13(8-11)16-10-12-5-1-2-7-14(12)17/h11-14,16-17H,1-8,10H2. The van der Waals surface area contributed by atoms with Gasteiger partial charge in [0.15, 0.2) is 0 Å². The van der Waals surface area contributed by atoms with Crippen molar-refractivity contribution in [3.05, 3.63) is 0 Å². The van der Waals surface area contributed by atoms with Crippen molar-refractivity contribution in [3.63, 3.8) is 0 Å². The molecular weight excluding hydrogens is 212 g/mol. The third-order valence-corrected chi connectivity index (χ3v) is 4.39. The van der Waals surface area contributed by atoms with Gasteiger partial charge in [-0.15, -0.1) is 0 Å². The SMILES string of the molecule is N#CC1CCCC(NCC2CCCCC2O)C1. The quantitative estimate of drug-likeness (QED) is 0.790. The zero-order chi connectivity index (χ0) is 12.1. The van der Waals surface area contributed by atoms with Crippen LogP contribution in [0, 0.1) is 23.2 Å². The molecule has 2 aliphatic carbocycles. The van der Waals surface area contributed by atoms with Crippen LogP contribution in [0.4, 0.5) is 0 Å². The van der Waals surface area contributed by atoms with Gasteiger partial charge in [0, 0.05) is 18.5 Å². The van der Waals surface area contributed by atoms with E-state index in [1.165, 1.54) is 25.7 Å². The molecule has 2 N–H and O–H groups in total. The summed E-state index contributed by atoms with van der Waals surface area (Å²) in [6, 6.07) is 2.89. The summed E-state index contributed by atoms with van der Waals surface area (Å²) in [5, 5.41) is 22.4. The molecule has 2 rings (SSSR count). The third kappa shape index (κ3) is 3.69. The van der Waals surface area contributed by atoms with Crippen molar-refractivity contribution in [2.24, 2.45) is 11.8 Å². The van der Waals surface area contributed by atoms with Crippen LogP contribution < -0.4 is 5.32 Å². The first-order valence-electron chi connectivity index (χ1n) is 7.10. The normalized spacial score (nSPS) is 38.6. The minimum atomic E-state index is -0.105. The van der Waals surface area contributed by atoms with Crippen molar-refractivity contribution < 1.29 is 5.11 Å². The molecule has 0 aromatic rings. The lowest BCUT2D eigenvalue weighted by Crippen LogP contribution is -2.40. The van der Waals surface area contributed by atoms with Crippen LogP contribution in [0.3, 0.4) is 0 Å². The van der Waals surface area contributed by atoms with Gasteiger partial charge in [0.25, 0.3) is 0 Å². The van der Waals surface area contributed by atoms with Crippen LogP contribution in [0.2, 0.25) is 0 Å². The molecular formula is C14H24N2O. The van der Waals surface area contributed by atoms with E-state index in [-0.39, 0.29) is 12.0 Å². The Hall–Kier alpha value is -0.590. The van der Waals surface area contributed by atoms with E-state index in [0.29, 0.717) is 12.0 Å². The number of nitriles is 1. The van der Waals surface area contributed by atoms with Crippen LogP contribution in [0.15, 0.2) is 0 Å². The largest absolute Gasteiger partial charge is 0.393 e. The summed E-state index contributed by atoms with van der Waals surface area (Å²) < 4.78 is 0. The van der Waals surface area contributed by atoms with E-state index in [1.54, 1.807) is 0 Å². The fourth-order valence-corrected chi connectivity index (χ4v) is 3.24. The zero-order valence-electron chi connectivity index (χ0n) is 10.6. The first kappa shape index (κ1) is 12.9. The highest BCUT2D eigenvalue weighted by Gasteiger charge is 2.26. The molecule has 0 radical (unpaired) electrons. The second-order valence-electron chi connectivity index (χ2n) is 5.71. The average Bonchev–Trinajstić information content (AvgIpc) is 2.38. The number of aliphatic hydroxyl groups is 1. The average molecular weight is 236 g/mol. The molecule has 0 heterocycles. The molecule has 2 saturated carbocycles. The number of rotatable bonds is 3. The Morgan fingerprint density at radius 2 is 1.94 bits per heavy atom. The van der Waals surface area contributed by atoms with E-state index in [2.05, 4.69) is 11.4 Å². The smallest absolute Gasteiger partial charge is 0.0656 e. The van der Waals surface area contributed by atoms with Gasteiger partial charge in [-0.3, -0.25) is 0 Å². The number of nitrogens with zero attached hydrogens (tertiary/aromatic N) is 1. The molecule has 4 unspecified atom stereocenters. The van der Waals surface area contributed by atoms with Crippen molar-refractivity contribution >= 4 is 0 Å². The van der Waals surface area contributed by atoms with Gasteiger partial charge in [-0.05, 0) is 38.0 Å². The van der Waals surface area contributed by atoms with Crippen LogP contribution >= 0.6 is 0 Å². The lowest BCUT2D eigenvalue weighted by atomic mass is 9.84. The van der Waals surface area contributed by atoms with Gasteiger partial charge in [-0.25, -0.2) is 0 Å². The molecule has 0 aromatic carbocycles. The Morgan fingerprint density at radius 3 is 2.71 bits per heavy atom. The van der Waals surface area contributed by atoms with Gasteiger partial charge in [-0.2, -0.15) is 5.26 Å². The molecule has 3 nitrogen and oxygen atoms in total. The molecule has 0 aliphatic heterocycles. The lowest BCUT2D eigenvalue weighted by Gasteiger charge is -2.31. The van der Waals surface area contributed by atoms with E-state index in [0.717, 1.165) is 32.2 Å². The highest BCUT2D eigenvalue weighted by Crippen LogP contribution is 2.26. The second-order valence-corrected chi connectivity index (χ2v) is 5.71. The second kappa shape index (κ2) is 6.37. The number of aliphatic hydroxyl groups excluding tert-OH is 1. The Bertz CT molecular complexity index is 274. The van der Waals surface area contributed by atoms with Crippen LogP contribution in [0.1, 0.15) is 51.4 Å². The van der Waals surface area contributed by atoms with Crippen LogP contribution in [-0.2, 0) is 0 Å². The van der Waals surface area contributed by atoms with Gasteiger partial charge in [0.2, 0.25) is 0 Å². The van der Waals surface area contributed by atoms with Gasteiger partial charge in [0.05, 0.1) is 12.2 Å². The first-order valence-corrected chi connectivity index (χ1v) is 7.10. The van der Waals surface area contributed by atoms with E-state index < -0.39 is 0 Å². The number of hydrogen-bond acceptors (Lipinski definition) is 3. The van der Waals surface area contributed by atoms with Crippen LogP contribution in [-0.4, -0.2) is 23.8 Å². The fraction of sp³-hybridized carbons (Fsp3) is 0.929. The Balaban J connectivity index is 1.72. The Kier molecular flexibility index (Phi) is 4.82. The van der Waals surface area contributed by atoms with E-state index in [4.69, 9.17) is 5.26 Å². The van der Waals surface area contributed by atoms with Crippen molar-refractivity contribution in [2.45, 2.75) is 63.5 Å². The molecule has 96 valence electrons. The van der Waals surface area contributed by atoms with Crippen molar-refractivity contribution in [2.75, 3.05) is 6.54 Å². The van der Waals surface area contributed by atoms with Gasteiger partial charge < -0.3 is 10.4 Å². The summed E-state index contributed by atoms with van der Waals surface area (Å²) in [6.07, 6.45) is 8.89. The summed E-state index contributed by atoms with van der Waals surface area (Å²) in [5.74, 6) is 0.684. The maximum absolute atomic E-state index is 9.90. The monoisotopic (exact) mass is 236 g/mol. The number of nitrogens with one attached hydrogen (secondary N) is 1. The van der Waals surface area contributed by atoms with Gasteiger partial charge in [0.1, 0.15) is 0 Å². The topological polar surface area (TPSA) is 56.0 Å². The minimum absolute atomic E-state index is 0.105. The van der Waals surface area contributed by atoms with Crippen molar-refractivity contribution in [3.8, 4) is 6.07 Å². The molecule has 3 heteroatoms. The van der Waals surface area contributed by atoms with Crippen molar-refractivity contribution in [1.29, 1.82) is 5.26 Å². The summed E-state index contributed by atoms with van der Waals surface area (Å²) in [7, 11) is 0. The molecule has 2 aliphatic rings. The first-order chi connectivity index (χ1) is 8.29. The molecule has 0 bridgehead atoms. The Morgan fingerprint density at radius 1 is 1.12 bits per heavy atom. The molecule has 0 spiro atoms. The van der Waals surface area contributed by atoms with Crippen LogP contribution in [0.5, 0.6) is 0 Å². The molecule has 0 saturated heterocycles. The van der Waals surface area contributed by atoms with Gasteiger partial charge >= 0.3 is 0 Å². The molecule has 0 amide bonds.